The maximum absolute atomic E-state index is 12.9. The Hall–Kier alpha value is -1.92. The molecular formula is C18H24N4O2. The first kappa shape index (κ1) is 15.6. The van der Waals surface area contributed by atoms with Crippen molar-refractivity contribution in [1.82, 2.24) is 19.2 Å². The van der Waals surface area contributed by atoms with Crippen molar-refractivity contribution in [2.75, 3.05) is 39.4 Å². The summed E-state index contributed by atoms with van der Waals surface area (Å²) in [5.41, 5.74) is 2.35. The fourth-order valence-electron chi connectivity index (χ4n) is 3.85. The van der Waals surface area contributed by atoms with Crippen LogP contribution in [0.2, 0.25) is 0 Å². The lowest BCUT2D eigenvalue weighted by atomic mass is 10.0. The third-order valence-corrected chi connectivity index (χ3v) is 5.29. The Balaban J connectivity index is 1.44. The summed E-state index contributed by atoms with van der Waals surface area (Å²) in [6, 6.07) is 6.43. The van der Waals surface area contributed by atoms with Gasteiger partial charge in [0.1, 0.15) is 11.3 Å². The van der Waals surface area contributed by atoms with Gasteiger partial charge in [-0.25, -0.2) is 4.98 Å². The number of fused-ring (bicyclic) bond motifs is 1. The number of likely N-dealkylation sites (tertiary alicyclic amines) is 1. The Morgan fingerprint density at radius 1 is 1.17 bits per heavy atom. The number of nitrogens with zero attached hydrogens (tertiary/aromatic N) is 4. The molecule has 0 atom stereocenters. The molecule has 2 aromatic heterocycles. The average Bonchev–Trinajstić information content (AvgIpc) is 2.99. The summed E-state index contributed by atoms with van der Waals surface area (Å²) in [5.74, 6) is 0.0663. The Labute approximate surface area is 142 Å². The topological polar surface area (TPSA) is 50.1 Å². The summed E-state index contributed by atoms with van der Waals surface area (Å²) in [5, 5.41) is 0. The number of carbonyl (C=O) groups is 1. The quantitative estimate of drug-likeness (QED) is 0.840. The monoisotopic (exact) mass is 328 g/mol. The number of piperidine rings is 1. The predicted molar refractivity (Wildman–Crippen MR) is 91.2 cm³/mol. The van der Waals surface area contributed by atoms with Gasteiger partial charge in [0.15, 0.2) is 0 Å². The molecule has 0 spiro atoms. The second-order valence-electron chi connectivity index (χ2n) is 6.65. The highest BCUT2D eigenvalue weighted by molar-refractivity contribution is 5.94. The number of aromatic nitrogens is 2. The van der Waals surface area contributed by atoms with E-state index in [1.807, 2.05) is 40.6 Å². The minimum atomic E-state index is 0.0663. The molecule has 2 saturated heterocycles. The zero-order valence-electron chi connectivity index (χ0n) is 14.1. The van der Waals surface area contributed by atoms with Crippen LogP contribution < -0.4 is 0 Å². The van der Waals surface area contributed by atoms with Crippen LogP contribution in [0.15, 0.2) is 24.4 Å². The molecule has 2 aromatic rings. The first-order valence-electron chi connectivity index (χ1n) is 8.79. The van der Waals surface area contributed by atoms with Crippen LogP contribution in [0.5, 0.6) is 0 Å². The zero-order chi connectivity index (χ0) is 16.5. The smallest absolute Gasteiger partial charge is 0.274 e. The van der Waals surface area contributed by atoms with Crippen LogP contribution in [0.4, 0.5) is 0 Å². The largest absolute Gasteiger partial charge is 0.379 e. The number of hydrogen-bond donors (Lipinski definition) is 0. The van der Waals surface area contributed by atoms with E-state index in [0.29, 0.717) is 11.7 Å². The minimum absolute atomic E-state index is 0.0663. The van der Waals surface area contributed by atoms with E-state index < -0.39 is 0 Å². The molecule has 0 bridgehead atoms. The van der Waals surface area contributed by atoms with Gasteiger partial charge in [0, 0.05) is 38.4 Å². The highest BCUT2D eigenvalue weighted by atomic mass is 16.5. The number of ether oxygens (including phenoxy) is 1. The zero-order valence-corrected chi connectivity index (χ0v) is 14.1. The first-order valence-corrected chi connectivity index (χ1v) is 8.79. The molecule has 1 amide bonds. The third-order valence-electron chi connectivity index (χ3n) is 5.29. The number of morpholine rings is 1. The maximum atomic E-state index is 12.9. The molecule has 2 aliphatic heterocycles. The normalized spacial score (nSPS) is 20.6. The molecule has 4 rings (SSSR count). The van der Waals surface area contributed by atoms with Crippen molar-refractivity contribution >= 4 is 11.6 Å². The number of rotatable bonds is 2. The molecule has 4 heterocycles. The summed E-state index contributed by atoms with van der Waals surface area (Å²) in [7, 11) is 0. The second-order valence-corrected chi connectivity index (χ2v) is 6.65. The molecule has 0 aliphatic carbocycles. The maximum Gasteiger partial charge on any atom is 0.274 e. The van der Waals surface area contributed by atoms with Crippen molar-refractivity contribution in [3.63, 3.8) is 0 Å². The van der Waals surface area contributed by atoms with E-state index in [-0.39, 0.29) is 5.91 Å². The van der Waals surface area contributed by atoms with Crippen molar-refractivity contribution in [3.05, 3.63) is 35.8 Å². The molecule has 0 aromatic carbocycles. The lowest BCUT2D eigenvalue weighted by molar-refractivity contribution is 0.00152. The summed E-state index contributed by atoms with van der Waals surface area (Å²) >= 11 is 0. The van der Waals surface area contributed by atoms with Gasteiger partial charge in [0.05, 0.1) is 18.9 Å². The lowest BCUT2D eigenvalue weighted by Crippen LogP contribution is -2.50. The number of carbonyl (C=O) groups excluding carboxylic acids is 1. The minimum Gasteiger partial charge on any atom is -0.379 e. The van der Waals surface area contributed by atoms with E-state index in [2.05, 4.69) is 9.88 Å². The highest BCUT2D eigenvalue weighted by Crippen LogP contribution is 2.21. The fraction of sp³-hybridized carbons (Fsp3) is 0.556. The summed E-state index contributed by atoms with van der Waals surface area (Å²) in [4.78, 5) is 21.9. The van der Waals surface area contributed by atoms with Gasteiger partial charge in [-0.15, -0.1) is 0 Å². The van der Waals surface area contributed by atoms with Crippen molar-refractivity contribution in [2.24, 2.45) is 0 Å². The summed E-state index contributed by atoms with van der Waals surface area (Å²) < 4.78 is 7.41. The standard InChI is InChI=1S/C18H24N4O2/c1-14-17(19-16-4-2-3-7-22(14)16)18(23)21-8-5-15(6-9-21)20-10-12-24-13-11-20/h2-4,7,15H,5-6,8-13H2,1H3. The SMILES string of the molecule is Cc1c(C(=O)N2CCC(N3CCOCC3)CC2)nc2ccccn12. The number of imidazole rings is 1. The number of hydrogen-bond acceptors (Lipinski definition) is 4. The van der Waals surface area contributed by atoms with Crippen molar-refractivity contribution in [2.45, 2.75) is 25.8 Å². The Bertz CT molecular complexity index is 728. The van der Waals surface area contributed by atoms with Gasteiger partial charge in [-0.2, -0.15) is 0 Å². The first-order chi connectivity index (χ1) is 11.7. The van der Waals surface area contributed by atoms with Gasteiger partial charge in [-0.05, 0) is 31.9 Å². The Morgan fingerprint density at radius 3 is 2.62 bits per heavy atom. The van der Waals surface area contributed by atoms with Gasteiger partial charge in [-0.3, -0.25) is 9.69 Å². The molecular weight excluding hydrogens is 304 g/mol. The number of pyridine rings is 1. The number of aryl methyl sites for hydroxylation is 1. The number of amides is 1. The van der Waals surface area contributed by atoms with Crippen molar-refractivity contribution < 1.29 is 9.53 Å². The van der Waals surface area contributed by atoms with Gasteiger partial charge in [0.2, 0.25) is 0 Å². The van der Waals surface area contributed by atoms with Crippen molar-refractivity contribution in [3.8, 4) is 0 Å². The van der Waals surface area contributed by atoms with Gasteiger partial charge in [-0.1, -0.05) is 6.07 Å². The molecule has 2 aliphatic rings. The predicted octanol–water partition coefficient (Wildman–Crippen LogP) is 1.58. The summed E-state index contributed by atoms with van der Waals surface area (Å²) in [6.07, 6.45) is 4.04. The molecule has 6 heteroatoms. The van der Waals surface area contributed by atoms with Gasteiger partial charge < -0.3 is 14.0 Å². The van der Waals surface area contributed by atoms with Crippen LogP contribution in [-0.2, 0) is 4.74 Å². The Morgan fingerprint density at radius 2 is 1.92 bits per heavy atom. The average molecular weight is 328 g/mol. The molecule has 24 heavy (non-hydrogen) atoms. The molecule has 0 unspecified atom stereocenters. The van der Waals surface area contributed by atoms with E-state index in [0.717, 1.165) is 63.6 Å². The highest BCUT2D eigenvalue weighted by Gasteiger charge is 2.29. The van der Waals surface area contributed by atoms with E-state index >= 15 is 0 Å². The van der Waals surface area contributed by atoms with Gasteiger partial charge >= 0.3 is 0 Å². The van der Waals surface area contributed by atoms with E-state index in [1.54, 1.807) is 0 Å². The van der Waals surface area contributed by atoms with Crippen LogP contribution in [0.3, 0.4) is 0 Å². The van der Waals surface area contributed by atoms with Crippen LogP contribution in [0.1, 0.15) is 29.0 Å². The lowest BCUT2D eigenvalue weighted by Gasteiger charge is -2.39. The van der Waals surface area contributed by atoms with Crippen LogP contribution >= 0.6 is 0 Å². The third kappa shape index (κ3) is 2.80. The molecule has 0 saturated carbocycles. The fourth-order valence-corrected chi connectivity index (χ4v) is 3.85. The van der Waals surface area contributed by atoms with Gasteiger partial charge in [0.25, 0.3) is 5.91 Å². The molecule has 128 valence electrons. The molecule has 2 fully saturated rings. The van der Waals surface area contributed by atoms with Crippen molar-refractivity contribution in [1.29, 1.82) is 0 Å². The summed E-state index contributed by atoms with van der Waals surface area (Å²) in [6.45, 7) is 7.30. The van der Waals surface area contributed by atoms with E-state index in [4.69, 9.17) is 4.74 Å². The van der Waals surface area contributed by atoms with Crippen LogP contribution in [-0.4, -0.2) is 70.5 Å². The molecule has 0 radical (unpaired) electrons. The second kappa shape index (κ2) is 6.53. The van der Waals surface area contributed by atoms with E-state index in [1.165, 1.54) is 0 Å². The Kier molecular flexibility index (Phi) is 4.24. The van der Waals surface area contributed by atoms with Crippen LogP contribution in [0, 0.1) is 6.92 Å². The van der Waals surface area contributed by atoms with E-state index in [9.17, 15) is 4.79 Å². The molecule has 6 nitrogen and oxygen atoms in total. The molecule has 0 N–H and O–H groups in total. The van der Waals surface area contributed by atoms with Crippen LogP contribution in [0.25, 0.3) is 5.65 Å².